The Bertz CT molecular complexity index is 889. The van der Waals surface area contributed by atoms with Crippen molar-refractivity contribution >= 4 is 38.9 Å². The molecule has 0 unspecified atom stereocenters. The van der Waals surface area contributed by atoms with E-state index in [1.807, 2.05) is 6.92 Å². The lowest BCUT2D eigenvalue weighted by Crippen LogP contribution is -2.51. The maximum atomic E-state index is 12.4. The van der Waals surface area contributed by atoms with Gasteiger partial charge in [0.15, 0.2) is 0 Å². The molecular weight excluding hydrogens is 360 g/mol. The predicted octanol–water partition coefficient (Wildman–Crippen LogP) is 2.63. The lowest BCUT2D eigenvalue weighted by Gasteiger charge is -2.35. The molecule has 0 radical (unpaired) electrons. The fourth-order valence-electron chi connectivity index (χ4n) is 3.05. The molecule has 25 heavy (non-hydrogen) atoms. The second-order valence-electron chi connectivity index (χ2n) is 5.93. The SMILES string of the molecule is CC[C@]1(c2ccc(NS(=O)(=O)c3cccs3)cc2)CCC(=O)NC1=O. The molecule has 0 saturated carbocycles. The Morgan fingerprint density at radius 2 is 1.92 bits per heavy atom. The Labute approximate surface area is 150 Å². The van der Waals surface area contributed by atoms with Gasteiger partial charge in [-0.15, -0.1) is 11.3 Å². The predicted molar refractivity (Wildman–Crippen MR) is 95.9 cm³/mol. The first kappa shape index (κ1) is 17.6. The smallest absolute Gasteiger partial charge is 0.271 e. The average molecular weight is 378 g/mol. The van der Waals surface area contributed by atoms with Crippen molar-refractivity contribution in [2.45, 2.75) is 35.8 Å². The molecule has 1 aliphatic heterocycles. The molecule has 2 N–H and O–H groups in total. The van der Waals surface area contributed by atoms with Gasteiger partial charge in [-0.05, 0) is 42.0 Å². The number of carbonyl (C=O) groups is 2. The highest BCUT2D eigenvalue weighted by atomic mass is 32.2. The Kier molecular flexibility index (Phi) is 4.66. The molecule has 1 saturated heterocycles. The van der Waals surface area contributed by atoms with E-state index in [9.17, 15) is 18.0 Å². The Hall–Kier alpha value is -2.19. The number of nitrogens with one attached hydrogen (secondary N) is 2. The maximum Gasteiger partial charge on any atom is 0.271 e. The van der Waals surface area contributed by atoms with Crippen LogP contribution in [0.5, 0.6) is 0 Å². The Morgan fingerprint density at radius 1 is 1.20 bits per heavy atom. The zero-order valence-corrected chi connectivity index (χ0v) is 15.2. The van der Waals surface area contributed by atoms with Crippen molar-refractivity contribution < 1.29 is 18.0 Å². The summed E-state index contributed by atoms with van der Waals surface area (Å²) >= 11 is 1.14. The quantitative estimate of drug-likeness (QED) is 0.783. The van der Waals surface area contributed by atoms with Crippen LogP contribution >= 0.6 is 11.3 Å². The zero-order valence-electron chi connectivity index (χ0n) is 13.6. The molecule has 3 rings (SSSR count). The fourth-order valence-corrected chi connectivity index (χ4v) is 5.10. The van der Waals surface area contributed by atoms with Crippen LogP contribution in [-0.4, -0.2) is 20.2 Å². The summed E-state index contributed by atoms with van der Waals surface area (Å²) in [7, 11) is -3.60. The van der Waals surface area contributed by atoms with Gasteiger partial charge in [-0.3, -0.25) is 19.6 Å². The number of hydrogen-bond donors (Lipinski definition) is 2. The van der Waals surface area contributed by atoms with Crippen molar-refractivity contribution in [2.24, 2.45) is 0 Å². The van der Waals surface area contributed by atoms with Gasteiger partial charge in [0.05, 0.1) is 5.41 Å². The number of sulfonamides is 1. The van der Waals surface area contributed by atoms with Crippen LogP contribution in [0.3, 0.4) is 0 Å². The van der Waals surface area contributed by atoms with Gasteiger partial charge in [-0.1, -0.05) is 25.1 Å². The van der Waals surface area contributed by atoms with Crippen LogP contribution in [0.2, 0.25) is 0 Å². The first-order valence-corrected chi connectivity index (χ1v) is 10.2. The largest absolute Gasteiger partial charge is 0.296 e. The standard InChI is InChI=1S/C17H18N2O4S2/c1-2-17(10-9-14(20)18-16(17)21)12-5-7-13(8-6-12)19-25(22,23)15-4-3-11-24-15/h3-8,11,19H,2,9-10H2,1H3,(H,18,20,21)/t17-/m1/s1. The van der Waals surface area contributed by atoms with Gasteiger partial charge < -0.3 is 0 Å². The van der Waals surface area contributed by atoms with Crippen LogP contribution < -0.4 is 10.0 Å². The number of rotatable bonds is 5. The molecule has 2 heterocycles. The number of hydrogen-bond acceptors (Lipinski definition) is 5. The van der Waals surface area contributed by atoms with Crippen LogP contribution in [-0.2, 0) is 25.0 Å². The number of imide groups is 1. The van der Waals surface area contributed by atoms with E-state index < -0.39 is 15.4 Å². The number of thiophene rings is 1. The van der Waals surface area contributed by atoms with E-state index in [1.165, 1.54) is 6.07 Å². The molecular formula is C17H18N2O4S2. The molecule has 1 aliphatic rings. The van der Waals surface area contributed by atoms with Crippen molar-refractivity contribution in [3.8, 4) is 0 Å². The Morgan fingerprint density at radius 3 is 2.48 bits per heavy atom. The fraction of sp³-hybridized carbons (Fsp3) is 0.294. The van der Waals surface area contributed by atoms with Gasteiger partial charge in [0.1, 0.15) is 4.21 Å². The lowest BCUT2D eigenvalue weighted by atomic mass is 9.72. The van der Waals surface area contributed by atoms with E-state index in [4.69, 9.17) is 0 Å². The number of carbonyl (C=O) groups excluding carboxylic acids is 2. The summed E-state index contributed by atoms with van der Waals surface area (Å²) in [6.07, 6.45) is 1.31. The van der Waals surface area contributed by atoms with Crippen molar-refractivity contribution in [3.63, 3.8) is 0 Å². The number of anilines is 1. The number of amides is 2. The molecule has 1 fully saturated rings. The minimum atomic E-state index is -3.60. The van der Waals surface area contributed by atoms with E-state index in [1.54, 1.807) is 35.7 Å². The first-order chi connectivity index (χ1) is 11.9. The minimum absolute atomic E-state index is 0.242. The summed E-state index contributed by atoms with van der Waals surface area (Å²) in [5.41, 5.74) is 0.453. The molecule has 132 valence electrons. The lowest BCUT2D eigenvalue weighted by molar-refractivity contribution is -0.138. The topological polar surface area (TPSA) is 92.3 Å². The highest BCUT2D eigenvalue weighted by Crippen LogP contribution is 2.36. The van der Waals surface area contributed by atoms with Crippen LogP contribution in [0.15, 0.2) is 46.0 Å². The molecule has 1 atom stereocenters. The van der Waals surface area contributed by atoms with E-state index in [0.29, 0.717) is 24.9 Å². The van der Waals surface area contributed by atoms with E-state index in [0.717, 1.165) is 16.9 Å². The highest BCUT2D eigenvalue weighted by molar-refractivity contribution is 7.94. The normalized spacial score (nSPS) is 21.0. The molecule has 2 amide bonds. The molecule has 0 spiro atoms. The summed E-state index contributed by atoms with van der Waals surface area (Å²) in [5.74, 6) is -0.549. The van der Waals surface area contributed by atoms with Gasteiger partial charge in [0, 0.05) is 12.1 Å². The molecule has 1 aromatic carbocycles. The zero-order chi connectivity index (χ0) is 18.1. The van der Waals surface area contributed by atoms with Gasteiger partial charge in [0.25, 0.3) is 10.0 Å². The van der Waals surface area contributed by atoms with Gasteiger partial charge in [-0.2, -0.15) is 0 Å². The number of piperidine rings is 1. The third-order valence-corrected chi connectivity index (χ3v) is 7.30. The van der Waals surface area contributed by atoms with Crippen molar-refractivity contribution in [1.82, 2.24) is 5.32 Å². The number of benzene rings is 1. The Balaban J connectivity index is 1.85. The molecule has 0 bridgehead atoms. The van der Waals surface area contributed by atoms with Gasteiger partial charge in [0.2, 0.25) is 11.8 Å². The monoisotopic (exact) mass is 378 g/mol. The molecule has 6 nitrogen and oxygen atoms in total. The van der Waals surface area contributed by atoms with E-state index in [2.05, 4.69) is 10.0 Å². The van der Waals surface area contributed by atoms with E-state index in [-0.39, 0.29) is 16.0 Å². The average Bonchev–Trinajstić information content (AvgIpc) is 3.12. The van der Waals surface area contributed by atoms with Crippen LogP contribution in [0, 0.1) is 0 Å². The second kappa shape index (κ2) is 6.61. The molecule has 1 aromatic heterocycles. The maximum absolute atomic E-state index is 12.4. The van der Waals surface area contributed by atoms with Crippen LogP contribution in [0.25, 0.3) is 0 Å². The third kappa shape index (κ3) is 3.32. The van der Waals surface area contributed by atoms with Crippen molar-refractivity contribution in [3.05, 3.63) is 47.3 Å². The highest BCUT2D eigenvalue weighted by Gasteiger charge is 2.42. The summed E-state index contributed by atoms with van der Waals surface area (Å²) in [6.45, 7) is 1.91. The summed E-state index contributed by atoms with van der Waals surface area (Å²) in [5, 5.41) is 4.10. The molecule has 8 heteroatoms. The van der Waals surface area contributed by atoms with Gasteiger partial charge >= 0.3 is 0 Å². The minimum Gasteiger partial charge on any atom is -0.296 e. The second-order valence-corrected chi connectivity index (χ2v) is 8.78. The van der Waals surface area contributed by atoms with Crippen molar-refractivity contribution in [1.29, 1.82) is 0 Å². The van der Waals surface area contributed by atoms with Gasteiger partial charge in [-0.25, -0.2) is 8.42 Å². The summed E-state index contributed by atoms with van der Waals surface area (Å²) in [6, 6.07) is 9.98. The summed E-state index contributed by atoms with van der Waals surface area (Å²) in [4.78, 5) is 23.8. The van der Waals surface area contributed by atoms with Crippen molar-refractivity contribution in [2.75, 3.05) is 4.72 Å². The van der Waals surface area contributed by atoms with Crippen LogP contribution in [0.1, 0.15) is 31.7 Å². The van der Waals surface area contributed by atoms with Crippen LogP contribution in [0.4, 0.5) is 5.69 Å². The summed E-state index contributed by atoms with van der Waals surface area (Å²) < 4.78 is 27.3. The molecule has 2 aromatic rings. The third-order valence-electron chi connectivity index (χ3n) is 4.52. The molecule has 0 aliphatic carbocycles. The van der Waals surface area contributed by atoms with E-state index >= 15 is 0 Å². The first-order valence-electron chi connectivity index (χ1n) is 7.88.